The van der Waals surface area contributed by atoms with E-state index in [1.54, 1.807) is 12.1 Å². The number of Topliss-reactive ketones (excluding diaryl/α,β-unsaturated/α-hetero) is 1. The van der Waals surface area contributed by atoms with E-state index in [0.717, 1.165) is 11.1 Å². The number of ketones is 1. The van der Waals surface area contributed by atoms with Crippen molar-refractivity contribution in [1.29, 1.82) is 0 Å². The van der Waals surface area contributed by atoms with Crippen molar-refractivity contribution < 1.29 is 28.6 Å². The van der Waals surface area contributed by atoms with Crippen molar-refractivity contribution in [3.8, 4) is 5.75 Å². The molecular weight excluding hydrogens is 467 g/mol. The van der Waals surface area contributed by atoms with Crippen molar-refractivity contribution in [2.45, 2.75) is 31.7 Å². The molecule has 0 bridgehead atoms. The zero-order valence-electron chi connectivity index (χ0n) is 19.4. The van der Waals surface area contributed by atoms with Crippen molar-refractivity contribution in [3.05, 3.63) is 99.2 Å². The van der Waals surface area contributed by atoms with E-state index >= 15 is 0 Å². The third-order valence-electron chi connectivity index (χ3n) is 6.53. The molecule has 0 aliphatic carbocycles. The second kappa shape index (κ2) is 10.0. The molecule has 1 amide bonds. The number of nitrogens with zero attached hydrogens (tertiary/aromatic N) is 2. The van der Waals surface area contributed by atoms with E-state index in [0.29, 0.717) is 13.0 Å². The lowest BCUT2D eigenvalue weighted by atomic mass is 10.0. The normalized spacial score (nSPS) is 18.9. The van der Waals surface area contributed by atoms with E-state index in [1.165, 1.54) is 27.8 Å². The molecule has 8 nitrogen and oxygen atoms in total. The number of benzene rings is 2. The maximum absolute atomic E-state index is 13.5. The minimum atomic E-state index is -1.22. The Balaban J connectivity index is 1.52. The highest BCUT2D eigenvalue weighted by Gasteiger charge is 2.43. The number of ether oxygens (including phenoxy) is 2. The molecule has 5 rings (SSSR count). The van der Waals surface area contributed by atoms with Gasteiger partial charge in [-0.2, -0.15) is 0 Å². The number of morpholine rings is 1. The molecule has 0 saturated carbocycles. The summed E-state index contributed by atoms with van der Waals surface area (Å²) in [6.07, 6.45) is 0.309. The van der Waals surface area contributed by atoms with Gasteiger partial charge in [0, 0.05) is 19.2 Å². The van der Waals surface area contributed by atoms with Crippen LogP contribution in [0.2, 0.25) is 0 Å². The van der Waals surface area contributed by atoms with E-state index in [-0.39, 0.29) is 49.0 Å². The van der Waals surface area contributed by atoms with Crippen LogP contribution in [0.5, 0.6) is 5.75 Å². The van der Waals surface area contributed by atoms with Gasteiger partial charge >= 0.3 is 0 Å². The van der Waals surface area contributed by atoms with Gasteiger partial charge in [-0.15, -0.1) is 0 Å². The van der Waals surface area contributed by atoms with E-state index in [2.05, 4.69) is 0 Å². The quantitative estimate of drug-likeness (QED) is 0.510. The summed E-state index contributed by atoms with van der Waals surface area (Å²) in [4.78, 5) is 41.5. The van der Waals surface area contributed by atoms with Crippen LogP contribution in [0.15, 0.2) is 65.6 Å². The van der Waals surface area contributed by atoms with E-state index < -0.39 is 29.4 Å². The number of fused-ring (bicyclic) bond motifs is 2. The molecule has 9 heteroatoms. The Morgan fingerprint density at radius 1 is 1.08 bits per heavy atom. The molecule has 2 atom stereocenters. The van der Waals surface area contributed by atoms with Crippen LogP contribution in [0.1, 0.15) is 44.6 Å². The predicted octanol–water partition coefficient (Wildman–Crippen LogP) is 2.73. The fourth-order valence-electron chi connectivity index (χ4n) is 4.57. The van der Waals surface area contributed by atoms with Gasteiger partial charge < -0.3 is 24.0 Å². The smallest absolute Gasteiger partial charge is 0.275 e. The van der Waals surface area contributed by atoms with Gasteiger partial charge in [0.2, 0.25) is 5.43 Å². The summed E-state index contributed by atoms with van der Waals surface area (Å²) in [7, 11) is 0. The largest absolute Gasteiger partial charge is 0.483 e. The number of rotatable bonds is 7. The average molecular weight is 493 g/mol. The standard InChI is InChI=1S/C27H25FN2O6/c28-19-9-6-17(7-10-19)8-11-22(31)20-14-30-23(27(34)29-12-13-35-16-21(29)26(30)33)25(24(20)32)36-15-18-4-2-1-3-5-18/h1-7,9-10,14,21,26,33H,8,11-13,15-16H2. The molecule has 1 saturated heterocycles. The highest BCUT2D eigenvalue weighted by molar-refractivity contribution is 6.00. The van der Waals surface area contributed by atoms with Crippen LogP contribution in [0.25, 0.3) is 0 Å². The molecule has 0 spiro atoms. The molecule has 1 fully saturated rings. The minimum absolute atomic E-state index is 0.00617. The van der Waals surface area contributed by atoms with Crippen LogP contribution >= 0.6 is 0 Å². The fraction of sp³-hybridized carbons (Fsp3) is 0.296. The third kappa shape index (κ3) is 4.55. The highest BCUT2D eigenvalue weighted by Crippen LogP contribution is 2.32. The Morgan fingerprint density at radius 3 is 2.58 bits per heavy atom. The van der Waals surface area contributed by atoms with Crippen LogP contribution in [-0.4, -0.2) is 52.1 Å². The summed E-state index contributed by atoms with van der Waals surface area (Å²) in [5, 5.41) is 11.1. The summed E-state index contributed by atoms with van der Waals surface area (Å²) in [5.41, 5.74) is 0.552. The van der Waals surface area contributed by atoms with Gasteiger partial charge in [-0.3, -0.25) is 14.4 Å². The van der Waals surface area contributed by atoms with Gasteiger partial charge in [-0.25, -0.2) is 4.39 Å². The molecule has 0 radical (unpaired) electrons. The zero-order valence-corrected chi connectivity index (χ0v) is 19.4. The summed E-state index contributed by atoms with van der Waals surface area (Å²) in [5.74, 6) is -1.57. The molecule has 3 heterocycles. The Kier molecular flexibility index (Phi) is 6.67. The summed E-state index contributed by atoms with van der Waals surface area (Å²) in [6, 6.07) is 14.3. The third-order valence-corrected chi connectivity index (χ3v) is 6.53. The predicted molar refractivity (Wildman–Crippen MR) is 127 cm³/mol. The second-order valence-electron chi connectivity index (χ2n) is 8.84. The number of halogens is 1. The molecule has 1 N–H and O–H groups in total. The van der Waals surface area contributed by atoms with Crippen LogP contribution in [0, 0.1) is 5.82 Å². The van der Waals surface area contributed by atoms with E-state index in [4.69, 9.17) is 9.47 Å². The first-order chi connectivity index (χ1) is 17.4. The van der Waals surface area contributed by atoms with E-state index in [9.17, 15) is 23.9 Å². The van der Waals surface area contributed by atoms with Gasteiger partial charge in [0.25, 0.3) is 5.91 Å². The first-order valence-electron chi connectivity index (χ1n) is 11.7. The number of pyridine rings is 1. The Morgan fingerprint density at radius 2 is 1.83 bits per heavy atom. The molecule has 2 unspecified atom stereocenters. The maximum Gasteiger partial charge on any atom is 0.275 e. The number of carbonyl (C=O) groups is 2. The van der Waals surface area contributed by atoms with Crippen molar-refractivity contribution in [1.82, 2.24) is 9.47 Å². The minimum Gasteiger partial charge on any atom is -0.483 e. The fourth-order valence-corrected chi connectivity index (χ4v) is 4.57. The lowest BCUT2D eigenvalue weighted by molar-refractivity contribution is -0.0815. The lowest BCUT2D eigenvalue weighted by Gasteiger charge is -2.43. The highest BCUT2D eigenvalue weighted by atomic mass is 19.1. The monoisotopic (exact) mass is 492 g/mol. The van der Waals surface area contributed by atoms with Crippen LogP contribution in [-0.2, 0) is 17.8 Å². The lowest BCUT2D eigenvalue weighted by Crippen LogP contribution is -2.57. The molecule has 1 aromatic heterocycles. The first-order valence-corrected chi connectivity index (χ1v) is 11.7. The average Bonchev–Trinajstić information content (AvgIpc) is 2.91. The van der Waals surface area contributed by atoms with Crippen LogP contribution in [0.4, 0.5) is 4.39 Å². The van der Waals surface area contributed by atoms with Gasteiger partial charge in [0.1, 0.15) is 18.5 Å². The molecule has 2 aliphatic heterocycles. The maximum atomic E-state index is 13.5. The molecule has 2 aliphatic rings. The van der Waals surface area contributed by atoms with E-state index in [1.807, 2.05) is 30.3 Å². The first kappa shape index (κ1) is 23.9. The summed E-state index contributed by atoms with van der Waals surface area (Å²) < 4.78 is 25.8. The van der Waals surface area contributed by atoms with Crippen LogP contribution < -0.4 is 10.2 Å². The number of hydrogen-bond donors (Lipinski definition) is 1. The number of hydrogen-bond acceptors (Lipinski definition) is 6. The number of aromatic nitrogens is 1. The van der Waals surface area contributed by atoms with Gasteiger partial charge in [-0.05, 0) is 29.7 Å². The SMILES string of the molecule is O=C(CCc1ccc(F)cc1)c1cn2c(c(OCc3ccccc3)c1=O)C(=O)N1CCOCC1C2O. The van der Waals surface area contributed by atoms with Crippen molar-refractivity contribution in [2.24, 2.45) is 0 Å². The number of amides is 1. The number of aryl methyl sites for hydroxylation is 1. The Labute approximate surface area is 206 Å². The van der Waals surface area contributed by atoms with Gasteiger partial charge in [0.15, 0.2) is 23.5 Å². The molecule has 2 aromatic carbocycles. The summed E-state index contributed by atoms with van der Waals surface area (Å²) >= 11 is 0. The molecule has 3 aromatic rings. The van der Waals surface area contributed by atoms with Gasteiger partial charge in [0.05, 0.1) is 18.8 Å². The second-order valence-corrected chi connectivity index (χ2v) is 8.84. The Hall–Kier alpha value is -3.82. The topological polar surface area (TPSA) is 98.1 Å². The van der Waals surface area contributed by atoms with Crippen molar-refractivity contribution in [3.63, 3.8) is 0 Å². The van der Waals surface area contributed by atoms with Crippen LogP contribution in [0.3, 0.4) is 0 Å². The molecule has 36 heavy (non-hydrogen) atoms. The number of carbonyl (C=O) groups excluding carboxylic acids is 2. The summed E-state index contributed by atoms with van der Waals surface area (Å²) in [6.45, 7) is 0.726. The zero-order chi connectivity index (χ0) is 25.2. The number of aliphatic hydroxyl groups excluding tert-OH is 1. The number of aliphatic hydroxyl groups is 1. The van der Waals surface area contributed by atoms with Crippen molar-refractivity contribution >= 4 is 11.7 Å². The van der Waals surface area contributed by atoms with Gasteiger partial charge in [-0.1, -0.05) is 42.5 Å². The van der Waals surface area contributed by atoms with Crippen molar-refractivity contribution in [2.75, 3.05) is 19.8 Å². The Bertz CT molecular complexity index is 1340. The molecule has 186 valence electrons. The molecular formula is C27H25FN2O6.